The summed E-state index contributed by atoms with van der Waals surface area (Å²) in [5.41, 5.74) is 2.11. The Kier molecular flexibility index (Phi) is 3.18. The zero-order chi connectivity index (χ0) is 15.3. The molecule has 0 radical (unpaired) electrons. The second kappa shape index (κ2) is 4.68. The van der Waals surface area contributed by atoms with Crippen LogP contribution in [0.3, 0.4) is 0 Å². The molecule has 3 rings (SSSR count). The second-order valence-corrected chi connectivity index (χ2v) is 6.43. The number of hydrogen-bond donors (Lipinski definition) is 0. The summed E-state index contributed by atoms with van der Waals surface area (Å²) in [4.78, 5) is 4.05. The molecule has 0 atom stereocenters. The van der Waals surface area contributed by atoms with Crippen LogP contribution in [0, 0.1) is 0 Å². The van der Waals surface area contributed by atoms with Gasteiger partial charge in [0.25, 0.3) is 0 Å². The number of hydrogen-bond acceptors (Lipinski definition) is 4. The number of pyridine rings is 1. The van der Waals surface area contributed by atoms with Crippen LogP contribution in [0.1, 0.15) is 27.7 Å². The monoisotopic (exact) mass is 285 g/mol. The van der Waals surface area contributed by atoms with Crippen molar-refractivity contribution in [2.24, 2.45) is 7.05 Å². The van der Waals surface area contributed by atoms with E-state index >= 15 is 0 Å². The molecule has 0 unspecified atom stereocenters. The number of nitrogens with zero attached hydrogens (tertiary/aromatic N) is 3. The first-order valence-corrected chi connectivity index (χ1v) is 7.10. The third kappa shape index (κ3) is 2.38. The molecule has 3 heterocycles. The van der Waals surface area contributed by atoms with Gasteiger partial charge in [-0.25, -0.2) is 0 Å². The largest absolute Gasteiger partial charge is 0.498 e. The summed E-state index contributed by atoms with van der Waals surface area (Å²) in [5.74, 6) is 0. The summed E-state index contributed by atoms with van der Waals surface area (Å²) < 4.78 is 14.1. The molecule has 0 N–H and O–H groups in total. The number of aromatic nitrogens is 3. The highest BCUT2D eigenvalue weighted by Crippen LogP contribution is 2.37. The lowest BCUT2D eigenvalue weighted by atomic mass is 9.78. The van der Waals surface area contributed by atoms with E-state index in [9.17, 15) is 0 Å². The van der Waals surface area contributed by atoms with E-state index in [4.69, 9.17) is 9.31 Å². The summed E-state index contributed by atoms with van der Waals surface area (Å²) in [6.45, 7) is 8.20. The highest BCUT2D eigenvalue weighted by Gasteiger charge is 2.52. The Morgan fingerprint density at radius 3 is 2.19 bits per heavy atom. The Morgan fingerprint density at radius 2 is 1.62 bits per heavy atom. The summed E-state index contributed by atoms with van der Waals surface area (Å²) in [7, 11) is 1.49. The first kappa shape index (κ1) is 14.3. The van der Waals surface area contributed by atoms with Gasteiger partial charge in [-0.3, -0.25) is 9.67 Å². The van der Waals surface area contributed by atoms with Gasteiger partial charge in [0.05, 0.1) is 16.9 Å². The molecule has 1 saturated heterocycles. The molecule has 2 aromatic heterocycles. The van der Waals surface area contributed by atoms with Gasteiger partial charge < -0.3 is 9.31 Å². The molecule has 0 aromatic carbocycles. The summed E-state index contributed by atoms with van der Waals surface area (Å²) >= 11 is 0. The van der Waals surface area contributed by atoms with E-state index in [-0.39, 0.29) is 11.2 Å². The molecule has 6 heteroatoms. The lowest BCUT2D eigenvalue weighted by Crippen LogP contribution is -2.41. The van der Waals surface area contributed by atoms with Gasteiger partial charge in [0.2, 0.25) is 0 Å². The average molecular weight is 285 g/mol. The predicted octanol–water partition coefficient (Wildman–Crippen LogP) is 1.78. The van der Waals surface area contributed by atoms with Crippen LogP contribution < -0.4 is 5.46 Å². The Morgan fingerprint density at radius 1 is 1.05 bits per heavy atom. The zero-order valence-corrected chi connectivity index (χ0v) is 13.1. The highest BCUT2D eigenvalue weighted by atomic mass is 16.7. The van der Waals surface area contributed by atoms with Crippen LogP contribution in [-0.4, -0.2) is 33.1 Å². The average Bonchev–Trinajstić information content (AvgIpc) is 2.89. The Bertz CT molecular complexity index is 636. The molecule has 2 aromatic rings. The number of aryl methyl sites for hydroxylation is 1. The Balaban J connectivity index is 2.02. The topological polar surface area (TPSA) is 49.2 Å². The molecule has 1 aliphatic rings. The summed E-state index contributed by atoms with van der Waals surface area (Å²) in [5, 5.41) is 4.55. The maximum atomic E-state index is 6.13. The van der Waals surface area contributed by atoms with Crippen LogP contribution in [0.25, 0.3) is 11.3 Å². The van der Waals surface area contributed by atoms with E-state index < -0.39 is 7.12 Å². The van der Waals surface area contributed by atoms with Crippen LogP contribution in [0.5, 0.6) is 0 Å². The molecule has 5 nitrogen and oxygen atoms in total. The third-order valence-electron chi connectivity index (χ3n) is 4.32. The van der Waals surface area contributed by atoms with Gasteiger partial charge in [-0.1, -0.05) is 0 Å². The van der Waals surface area contributed by atoms with Crippen molar-refractivity contribution >= 4 is 12.6 Å². The van der Waals surface area contributed by atoms with Gasteiger partial charge in [0.1, 0.15) is 0 Å². The van der Waals surface area contributed by atoms with Gasteiger partial charge >= 0.3 is 7.12 Å². The lowest BCUT2D eigenvalue weighted by molar-refractivity contribution is 0.00578. The first-order valence-electron chi connectivity index (χ1n) is 7.10. The van der Waals surface area contributed by atoms with Gasteiger partial charge in [-0.05, 0) is 39.8 Å². The Labute approximate surface area is 125 Å². The molecule has 21 heavy (non-hydrogen) atoms. The van der Waals surface area contributed by atoms with Crippen LogP contribution >= 0.6 is 0 Å². The lowest BCUT2D eigenvalue weighted by Gasteiger charge is -2.32. The van der Waals surface area contributed by atoms with Crippen LogP contribution in [0.4, 0.5) is 0 Å². The third-order valence-corrected chi connectivity index (χ3v) is 4.32. The van der Waals surface area contributed by atoms with E-state index in [1.165, 1.54) is 0 Å². The van der Waals surface area contributed by atoms with Crippen LogP contribution in [-0.2, 0) is 16.4 Å². The standard InChI is InChI=1S/C15H20BN3O2/c1-14(2)15(3,4)21-16(20-14)12-10-19(5)18-13(12)11-6-8-17-9-7-11/h6-10H,1-5H3. The summed E-state index contributed by atoms with van der Waals surface area (Å²) in [6.07, 6.45) is 5.48. The molecular formula is C15H20BN3O2. The highest BCUT2D eigenvalue weighted by molar-refractivity contribution is 6.63. The van der Waals surface area contributed by atoms with Crippen LogP contribution in [0.2, 0.25) is 0 Å². The van der Waals surface area contributed by atoms with E-state index in [1.54, 1.807) is 17.1 Å². The van der Waals surface area contributed by atoms with E-state index in [0.717, 1.165) is 16.7 Å². The SMILES string of the molecule is Cn1cc(B2OC(C)(C)C(C)(C)O2)c(-c2ccncc2)n1. The predicted molar refractivity (Wildman–Crippen MR) is 82.2 cm³/mol. The molecule has 0 bridgehead atoms. The van der Waals surface area contributed by atoms with Crippen molar-refractivity contribution in [2.45, 2.75) is 38.9 Å². The zero-order valence-electron chi connectivity index (χ0n) is 13.1. The fourth-order valence-corrected chi connectivity index (χ4v) is 2.38. The Hall–Kier alpha value is -1.66. The van der Waals surface area contributed by atoms with Crippen molar-refractivity contribution in [3.8, 4) is 11.3 Å². The molecule has 0 saturated carbocycles. The van der Waals surface area contributed by atoms with Crippen molar-refractivity contribution in [2.75, 3.05) is 0 Å². The molecular weight excluding hydrogens is 265 g/mol. The fraction of sp³-hybridized carbons (Fsp3) is 0.467. The molecule has 1 aliphatic heterocycles. The van der Waals surface area contributed by atoms with E-state index in [1.807, 2.05) is 25.4 Å². The molecule has 0 aliphatic carbocycles. The fourth-order valence-electron chi connectivity index (χ4n) is 2.38. The van der Waals surface area contributed by atoms with E-state index in [2.05, 4.69) is 37.8 Å². The van der Waals surface area contributed by atoms with Crippen molar-refractivity contribution in [3.05, 3.63) is 30.7 Å². The second-order valence-electron chi connectivity index (χ2n) is 6.43. The van der Waals surface area contributed by atoms with Gasteiger partial charge in [-0.2, -0.15) is 5.10 Å². The maximum Gasteiger partial charge on any atom is 0.498 e. The molecule has 0 spiro atoms. The van der Waals surface area contributed by atoms with E-state index in [0.29, 0.717) is 0 Å². The minimum Gasteiger partial charge on any atom is -0.399 e. The smallest absolute Gasteiger partial charge is 0.399 e. The van der Waals surface area contributed by atoms with Gasteiger partial charge in [0.15, 0.2) is 0 Å². The maximum absolute atomic E-state index is 6.13. The minimum absolute atomic E-state index is 0.358. The van der Waals surface area contributed by atoms with Crippen molar-refractivity contribution < 1.29 is 9.31 Å². The van der Waals surface area contributed by atoms with Gasteiger partial charge in [-0.15, -0.1) is 0 Å². The minimum atomic E-state index is -0.410. The van der Waals surface area contributed by atoms with Crippen molar-refractivity contribution in [3.63, 3.8) is 0 Å². The van der Waals surface area contributed by atoms with Gasteiger partial charge in [0, 0.05) is 36.7 Å². The summed E-state index contributed by atoms with van der Waals surface area (Å²) in [6, 6.07) is 3.88. The number of rotatable bonds is 2. The normalized spacial score (nSPS) is 20.0. The molecule has 0 amide bonds. The first-order chi connectivity index (χ1) is 9.80. The van der Waals surface area contributed by atoms with Crippen molar-refractivity contribution in [1.82, 2.24) is 14.8 Å². The van der Waals surface area contributed by atoms with Crippen LogP contribution in [0.15, 0.2) is 30.7 Å². The molecule has 1 fully saturated rings. The molecule has 110 valence electrons. The van der Waals surface area contributed by atoms with Crippen molar-refractivity contribution in [1.29, 1.82) is 0 Å². The quantitative estimate of drug-likeness (QED) is 0.789.